The van der Waals surface area contributed by atoms with Crippen LogP contribution in [-0.2, 0) is 11.2 Å². The molecule has 0 saturated heterocycles. The fourth-order valence-electron chi connectivity index (χ4n) is 2.50. The summed E-state index contributed by atoms with van der Waals surface area (Å²) in [5.74, 6) is -0.304. The Balaban J connectivity index is 2.24. The van der Waals surface area contributed by atoms with Gasteiger partial charge in [-0.05, 0) is 35.6 Å². The lowest BCUT2D eigenvalue weighted by Crippen LogP contribution is -2.38. The quantitative estimate of drug-likeness (QED) is 0.825. The van der Waals surface area contributed by atoms with E-state index in [-0.39, 0.29) is 5.92 Å². The highest BCUT2D eigenvalue weighted by Crippen LogP contribution is 2.29. The van der Waals surface area contributed by atoms with Crippen molar-refractivity contribution in [2.45, 2.75) is 25.7 Å². The van der Waals surface area contributed by atoms with Gasteiger partial charge in [0.2, 0.25) is 0 Å². The molecule has 1 aromatic rings. The maximum Gasteiger partial charge on any atom is 0.315 e. The van der Waals surface area contributed by atoms with Crippen LogP contribution in [0.15, 0.2) is 18.2 Å². The highest BCUT2D eigenvalue weighted by atomic mass is 19.3. The molecule has 1 aliphatic heterocycles. The maximum atomic E-state index is 12.5. The molecule has 0 aromatic heterocycles. The Morgan fingerprint density at radius 3 is 2.84 bits per heavy atom. The summed E-state index contributed by atoms with van der Waals surface area (Å²) in [6.45, 7) is 2.60. The van der Waals surface area contributed by atoms with Crippen LogP contribution in [0.1, 0.15) is 24.0 Å². The molecule has 1 amide bonds. The van der Waals surface area contributed by atoms with Gasteiger partial charge in [-0.25, -0.2) is 0 Å². The number of nitrogens with zero attached hydrogens (tertiary/aromatic N) is 1. The van der Waals surface area contributed by atoms with Crippen LogP contribution in [0.3, 0.4) is 0 Å². The summed E-state index contributed by atoms with van der Waals surface area (Å²) >= 11 is 0. The highest BCUT2D eigenvalue weighted by molar-refractivity contribution is 5.79. The van der Waals surface area contributed by atoms with Crippen molar-refractivity contribution >= 4 is 5.91 Å². The second-order valence-corrected chi connectivity index (χ2v) is 4.80. The van der Waals surface area contributed by atoms with E-state index in [1.165, 1.54) is 4.90 Å². The summed E-state index contributed by atoms with van der Waals surface area (Å²) in [7, 11) is 1.59. The lowest BCUT2D eigenvalue weighted by molar-refractivity contribution is -0.142. The van der Waals surface area contributed by atoms with Gasteiger partial charge in [-0.1, -0.05) is 13.0 Å². The van der Waals surface area contributed by atoms with Gasteiger partial charge >= 0.3 is 6.43 Å². The van der Waals surface area contributed by atoms with E-state index in [1.54, 1.807) is 7.11 Å². The predicted octanol–water partition coefficient (Wildman–Crippen LogP) is 2.45. The van der Waals surface area contributed by atoms with Crippen molar-refractivity contribution < 1.29 is 18.3 Å². The third-order valence-electron chi connectivity index (χ3n) is 3.53. The second-order valence-electron chi connectivity index (χ2n) is 4.80. The van der Waals surface area contributed by atoms with Crippen LogP contribution < -0.4 is 4.74 Å². The number of carbonyl (C=O) groups is 1. The number of hydrogen-bond donors (Lipinski definition) is 0. The fourth-order valence-corrected chi connectivity index (χ4v) is 2.50. The van der Waals surface area contributed by atoms with Crippen LogP contribution in [0.4, 0.5) is 8.78 Å². The smallest absolute Gasteiger partial charge is 0.315 e. The zero-order valence-electron chi connectivity index (χ0n) is 11.0. The maximum absolute atomic E-state index is 12.5. The Labute approximate surface area is 111 Å². The lowest BCUT2D eigenvalue weighted by Gasteiger charge is -2.22. The van der Waals surface area contributed by atoms with Crippen molar-refractivity contribution in [3.05, 3.63) is 29.3 Å². The first kappa shape index (κ1) is 13.8. The number of amides is 1. The Kier molecular flexibility index (Phi) is 4.02. The van der Waals surface area contributed by atoms with Crippen LogP contribution in [0.25, 0.3) is 0 Å². The van der Waals surface area contributed by atoms with Gasteiger partial charge in [0.25, 0.3) is 5.91 Å². The minimum absolute atomic E-state index is 0.0234. The van der Waals surface area contributed by atoms with E-state index in [0.29, 0.717) is 19.5 Å². The number of benzene rings is 1. The zero-order valence-corrected chi connectivity index (χ0v) is 11.0. The first-order valence-electron chi connectivity index (χ1n) is 6.26. The molecule has 0 radical (unpaired) electrons. The van der Waals surface area contributed by atoms with Crippen molar-refractivity contribution in [1.29, 1.82) is 0 Å². The Morgan fingerprint density at radius 1 is 1.47 bits per heavy atom. The molecule has 0 saturated carbocycles. The number of ether oxygens (including phenoxy) is 1. The summed E-state index contributed by atoms with van der Waals surface area (Å²) < 4.78 is 30.2. The molecule has 3 nitrogen and oxygen atoms in total. The van der Waals surface area contributed by atoms with Gasteiger partial charge in [-0.3, -0.25) is 4.79 Å². The summed E-state index contributed by atoms with van der Waals surface area (Å²) in [5.41, 5.74) is 2.17. The minimum Gasteiger partial charge on any atom is -0.497 e. The van der Waals surface area contributed by atoms with E-state index in [1.807, 2.05) is 25.1 Å². The highest BCUT2D eigenvalue weighted by Gasteiger charge is 2.28. The van der Waals surface area contributed by atoms with Gasteiger partial charge in [-0.15, -0.1) is 0 Å². The molecule has 1 aliphatic rings. The number of alkyl halides is 2. The average molecular weight is 269 g/mol. The van der Waals surface area contributed by atoms with Crippen LogP contribution >= 0.6 is 0 Å². The van der Waals surface area contributed by atoms with E-state index >= 15 is 0 Å². The molecule has 0 N–H and O–H groups in total. The topological polar surface area (TPSA) is 29.5 Å². The van der Waals surface area contributed by atoms with Crippen molar-refractivity contribution in [3.8, 4) is 5.75 Å². The number of methoxy groups -OCH3 is 1. The van der Waals surface area contributed by atoms with Crippen LogP contribution in [0.2, 0.25) is 0 Å². The monoisotopic (exact) mass is 269 g/mol. The molecule has 104 valence electrons. The largest absolute Gasteiger partial charge is 0.497 e. The third-order valence-corrected chi connectivity index (χ3v) is 3.53. The molecule has 0 fully saturated rings. The van der Waals surface area contributed by atoms with E-state index in [4.69, 9.17) is 4.74 Å². The van der Waals surface area contributed by atoms with Gasteiger partial charge in [0, 0.05) is 13.1 Å². The Bertz CT molecular complexity index is 477. The number of hydrogen-bond acceptors (Lipinski definition) is 2. The van der Waals surface area contributed by atoms with Crippen molar-refractivity contribution in [1.82, 2.24) is 4.90 Å². The lowest BCUT2D eigenvalue weighted by atomic mass is 9.95. The molecule has 19 heavy (non-hydrogen) atoms. The van der Waals surface area contributed by atoms with Crippen LogP contribution in [0, 0.1) is 0 Å². The van der Waals surface area contributed by atoms with Gasteiger partial charge in [0.15, 0.2) is 0 Å². The van der Waals surface area contributed by atoms with Crippen LogP contribution in [-0.4, -0.2) is 37.4 Å². The Hall–Kier alpha value is -1.65. The number of rotatable bonds is 2. The molecular formula is C14H17F2NO2. The molecule has 2 rings (SSSR count). The first-order chi connectivity index (χ1) is 9.02. The van der Waals surface area contributed by atoms with E-state index < -0.39 is 12.3 Å². The standard InChI is InChI=1S/C14H17F2NO2/c1-9-8-17(14(18)13(15)16)6-5-10-3-4-11(19-2)7-12(9)10/h3-4,7,9,13H,5-6,8H2,1-2H3/t9-/m0/s1. The summed E-state index contributed by atoms with van der Waals surface area (Å²) in [4.78, 5) is 12.7. The molecule has 1 heterocycles. The normalized spacial score (nSPS) is 19.0. The second kappa shape index (κ2) is 5.55. The number of halogens is 2. The number of fused-ring (bicyclic) bond motifs is 1. The molecular weight excluding hydrogens is 252 g/mol. The predicted molar refractivity (Wildman–Crippen MR) is 67.7 cm³/mol. The minimum atomic E-state index is -2.93. The third kappa shape index (κ3) is 2.85. The van der Waals surface area contributed by atoms with Crippen molar-refractivity contribution in [3.63, 3.8) is 0 Å². The van der Waals surface area contributed by atoms with Gasteiger partial charge in [0.1, 0.15) is 5.75 Å². The average Bonchev–Trinajstić information content (AvgIpc) is 2.57. The fraction of sp³-hybridized carbons (Fsp3) is 0.500. The summed E-state index contributed by atoms with van der Waals surface area (Å²) in [6.07, 6.45) is -2.33. The van der Waals surface area contributed by atoms with Crippen molar-refractivity contribution in [2.75, 3.05) is 20.2 Å². The first-order valence-corrected chi connectivity index (χ1v) is 6.26. The summed E-state index contributed by atoms with van der Waals surface area (Å²) in [6, 6.07) is 5.73. The van der Waals surface area contributed by atoms with Gasteiger partial charge in [0.05, 0.1) is 7.11 Å². The molecule has 0 aliphatic carbocycles. The Morgan fingerprint density at radius 2 is 2.21 bits per heavy atom. The zero-order chi connectivity index (χ0) is 14.0. The molecule has 5 heteroatoms. The molecule has 0 unspecified atom stereocenters. The number of carbonyl (C=O) groups excluding carboxylic acids is 1. The van der Waals surface area contributed by atoms with Crippen LogP contribution in [0.5, 0.6) is 5.75 Å². The SMILES string of the molecule is COc1ccc2c(c1)[C@@H](C)CN(C(=O)C(F)F)CC2. The van der Waals surface area contributed by atoms with Gasteiger partial charge in [-0.2, -0.15) is 8.78 Å². The van der Waals surface area contributed by atoms with E-state index in [0.717, 1.165) is 16.9 Å². The van der Waals surface area contributed by atoms with E-state index in [9.17, 15) is 13.6 Å². The van der Waals surface area contributed by atoms with Gasteiger partial charge < -0.3 is 9.64 Å². The van der Waals surface area contributed by atoms with E-state index in [2.05, 4.69) is 0 Å². The molecule has 0 bridgehead atoms. The van der Waals surface area contributed by atoms with Crippen molar-refractivity contribution in [2.24, 2.45) is 0 Å². The summed E-state index contributed by atoms with van der Waals surface area (Å²) in [5, 5.41) is 0. The molecule has 0 spiro atoms. The molecule has 1 aromatic carbocycles. The molecule has 1 atom stereocenters.